The van der Waals surface area contributed by atoms with Crippen molar-refractivity contribution in [3.8, 4) is 0 Å². The van der Waals surface area contributed by atoms with Gasteiger partial charge >= 0.3 is 0 Å². The summed E-state index contributed by atoms with van der Waals surface area (Å²) >= 11 is 7.74. The van der Waals surface area contributed by atoms with Gasteiger partial charge in [-0.05, 0) is 19.2 Å². The van der Waals surface area contributed by atoms with Crippen LogP contribution in [0, 0.1) is 0 Å². The number of aromatic nitrogens is 1. The molecule has 1 aromatic heterocycles. The summed E-state index contributed by atoms with van der Waals surface area (Å²) in [6, 6.07) is 5.80. The number of benzene rings is 1. The van der Waals surface area contributed by atoms with E-state index in [-0.39, 0.29) is 6.10 Å². The number of likely N-dealkylation sites (N-methyl/N-ethyl adjacent to an activating group) is 1. The SMILES string of the molecule is CN1CCOC(CNc2nc3cccc(Cl)c3s2)C1. The molecule has 3 rings (SSSR count). The highest BCUT2D eigenvalue weighted by molar-refractivity contribution is 7.22. The van der Waals surface area contributed by atoms with Gasteiger partial charge in [-0.3, -0.25) is 0 Å². The van der Waals surface area contributed by atoms with E-state index in [1.54, 1.807) is 11.3 Å². The van der Waals surface area contributed by atoms with Crippen molar-refractivity contribution in [2.45, 2.75) is 6.10 Å². The number of rotatable bonds is 3. The van der Waals surface area contributed by atoms with Crippen LogP contribution in [0.15, 0.2) is 18.2 Å². The van der Waals surface area contributed by atoms with Gasteiger partial charge in [0.25, 0.3) is 0 Å². The van der Waals surface area contributed by atoms with Gasteiger partial charge in [-0.15, -0.1) is 0 Å². The van der Waals surface area contributed by atoms with E-state index >= 15 is 0 Å². The monoisotopic (exact) mass is 297 g/mol. The molecule has 0 spiro atoms. The summed E-state index contributed by atoms with van der Waals surface area (Å²) in [4.78, 5) is 6.81. The molecule has 1 unspecified atom stereocenters. The molecular weight excluding hydrogens is 282 g/mol. The lowest BCUT2D eigenvalue weighted by atomic mass is 10.3. The van der Waals surface area contributed by atoms with Crippen LogP contribution >= 0.6 is 22.9 Å². The third-order valence-corrected chi connectivity index (χ3v) is 4.68. The molecule has 0 amide bonds. The lowest BCUT2D eigenvalue weighted by molar-refractivity contribution is -0.0117. The molecule has 4 nitrogen and oxygen atoms in total. The third-order valence-electron chi connectivity index (χ3n) is 3.19. The zero-order valence-corrected chi connectivity index (χ0v) is 12.3. The van der Waals surface area contributed by atoms with E-state index in [4.69, 9.17) is 16.3 Å². The van der Waals surface area contributed by atoms with Crippen LogP contribution in [0.4, 0.5) is 5.13 Å². The number of fused-ring (bicyclic) bond motifs is 1. The first-order chi connectivity index (χ1) is 9.22. The predicted octanol–water partition coefficient (Wildman–Crippen LogP) is 2.69. The number of nitrogens with one attached hydrogen (secondary N) is 1. The second kappa shape index (κ2) is 5.63. The van der Waals surface area contributed by atoms with Crippen molar-refractivity contribution in [1.29, 1.82) is 0 Å². The number of morpholine rings is 1. The molecule has 2 aromatic rings. The predicted molar refractivity (Wildman–Crippen MR) is 80.4 cm³/mol. The van der Waals surface area contributed by atoms with Gasteiger partial charge in [0.15, 0.2) is 5.13 Å². The van der Waals surface area contributed by atoms with Crippen LogP contribution in [0.2, 0.25) is 5.02 Å². The summed E-state index contributed by atoms with van der Waals surface area (Å²) < 4.78 is 6.75. The molecule has 1 saturated heterocycles. The largest absolute Gasteiger partial charge is 0.374 e. The first kappa shape index (κ1) is 13.1. The highest BCUT2D eigenvalue weighted by Crippen LogP contribution is 2.31. The van der Waals surface area contributed by atoms with Gasteiger partial charge in [0.1, 0.15) is 0 Å². The number of ether oxygens (including phenoxy) is 1. The van der Waals surface area contributed by atoms with Crippen LogP contribution in [-0.2, 0) is 4.74 Å². The Hall–Kier alpha value is -0.880. The summed E-state index contributed by atoms with van der Waals surface area (Å²) in [6.45, 7) is 3.54. The molecule has 1 aliphatic heterocycles. The number of thiazole rings is 1. The maximum absolute atomic E-state index is 6.15. The molecule has 1 atom stereocenters. The summed E-state index contributed by atoms with van der Waals surface area (Å²) in [5.41, 5.74) is 0.946. The first-order valence-electron chi connectivity index (χ1n) is 6.31. The minimum Gasteiger partial charge on any atom is -0.374 e. The molecule has 0 radical (unpaired) electrons. The van der Waals surface area contributed by atoms with Gasteiger partial charge in [0.05, 0.1) is 28.0 Å². The summed E-state index contributed by atoms with van der Waals surface area (Å²) in [5, 5.41) is 5.01. The van der Waals surface area contributed by atoms with Crippen LogP contribution in [-0.4, -0.2) is 49.3 Å². The van der Waals surface area contributed by atoms with E-state index in [1.165, 1.54) is 0 Å². The Bertz CT molecular complexity index is 574. The van der Waals surface area contributed by atoms with Crippen molar-refractivity contribution in [3.63, 3.8) is 0 Å². The summed E-state index contributed by atoms with van der Waals surface area (Å²) in [5.74, 6) is 0. The van der Waals surface area contributed by atoms with E-state index in [0.29, 0.717) is 0 Å². The zero-order valence-electron chi connectivity index (χ0n) is 10.7. The fourth-order valence-electron chi connectivity index (χ4n) is 2.18. The van der Waals surface area contributed by atoms with Gasteiger partial charge in [0, 0.05) is 19.6 Å². The lowest BCUT2D eigenvalue weighted by Crippen LogP contribution is -2.43. The highest BCUT2D eigenvalue weighted by atomic mass is 35.5. The Labute approximate surface area is 121 Å². The fourth-order valence-corrected chi connectivity index (χ4v) is 3.34. The second-order valence-electron chi connectivity index (χ2n) is 4.74. The Morgan fingerprint density at radius 1 is 1.58 bits per heavy atom. The molecular formula is C13H16ClN3OS. The molecule has 19 heavy (non-hydrogen) atoms. The fraction of sp³-hybridized carbons (Fsp3) is 0.462. The van der Waals surface area contributed by atoms with Crippen LogP contribution in [0.3, 0.4) is 0 Å². The number of hydrogen-bond donors (Lipinski definition) is 1. The molecule has 1 aromatic carbocycles. The van der Waals surface area contributed by atoms with Crippen LogP contribution in [0.25, 0.3) is 10.2 Å². The standard InChI is InChI=1S/C13H16ClN3OS/c1-17-5-6-18-9(8-17)7-15-13-16-11-4-2-3-10(14)12(11)19-13/h2-4,9H,5-8H2,1H3,(H,15,16). The van der Waals surface area contributed by atoms with Crippen molar-refractivity contribution < 1.29 is 4.74 Å². The molecule has 0 bridgehead atoms. The molecule has 102 valence electrons. The smallest absolute Gasteiger partial charge is 0.183 e. The highest BCUT2D eigenvalue weighted by Gasteiger charge is 2.17. The molecule has 2 heterocycles. The molecule has 6 heteroatoms. The van der Waals surface area contributed by atoms with Crippen LogP contribution < -0.4 is 5.32 Å². The number of halogens is 1. The van der Waals surface area contributed by atoms with E-state index in [1.807, 2.05) is 18.2 Å². The minimum atomic E-state index is 0.223. The van der Waals surface area contributed by atoms with Gasteiger partial charge in [-0.1, -0.05) is 29.0 Å². The van der Waals surface area contributed by atoms with Gasteiger partial charge in [-0.2, -0.15) is 0 Å². The first-order valence-corrected chi connectivity index (χ1v) is 7.51. The molecule has 1 aliphatic rings. The Morgan fingerprint density at radius 2 is 2.47 bits per heavy atom. The quantitative estimate of drug-likeness (QED) is 0.945. The maximum atomic E-state index is 6.15. The molecule has 1 N–H and O–H groups in total. The lowest BCUT2D eigenvalue weighted by Gasteiger charge is -2.29. The third kappa shape index (κ3) is 3.00. The molecule has 0 aliphatic carbocycles. The van der Waals surface area contributed by atoms with Crippen LogP contribution in [0.5, 0.6) is 0 Å². The van der Waals surface area contributed by atoms with Crippen LogP contribution in [0.1, 0.15) is 0 Å². The minimum absolute atomic E-state index is 0.223. The van der Waals surface area contributed by atoms with Gasteiger partial charge in [-0.25, -0.2) is 4.98 Å². The van der Waals surface area contributed by atoms with E-state index in [0.717, 1.165) is 46.6 Å². The molecule has 0 saturated carbocycles. The second-order valence-corrected chi connectivity index (χ2v) is 6.15. The number of nitrogens with zero attached hydrogens (tertiary/aromatic N) is 2. The summed E-state index contributed by atoms with van der Waals surface area (Å²) in [6.07, 6.45) is 0.223. The van der Waals surface area contributed by atoms with Gasteiger partial charge < -0.3 is 15.0 Å². The maximum Gasteiger partial charge on any atom is 0.183 e. The zero-order chi connectivity index (χ0) is 13.2. The average molecular weight is 298 g/mol. The molecule has 1 fully saturated rings. The Balaban J connectivity index is 1.66. The van der Waals surface area contributed by atoms with Crippen molar-refractivity contribution in [2.24, 2.45) is 0 Å². The normalized spacial score (nSPS) is 20.8. The number of anilines is 1. The summed E-state index contributed by atoms with van der Waals surface area (Å²) in [7, 11) is 2.12. The van der Waals surface area contributed by atoms with E-state index in [9.17, 15) is 0 Å². The number of hydrogen-bond acceptors (Lipinski definition) is 5. The van der Waals surface area contributed by atoms with Crippen molar-refractivity contribution in [2.75, 3.05) is 38.6 Å². The average Bonchev–Trinajstić information content (AvgIpc) is 2.81. The van der Waals surface area contributed by atoms with Crippen molar-refractivity contribution in [1.82, 2.24) is 9.88 Å². The topological polar surface area (TPSA) is 37.4 Å². The van der Waals surface area contributed by atoms with Crippen molar-refractivity contribution >= 4 is 38.3 Å². The van der Waals surface area contributed by atoms with Gasteiger partial charge in [0.2, 0.25) is 0 Å². The van der Waals surface area contributed by atoms with E-state index in [2.05, 4.69) is 22.2 Å². The van der Waals surface area contributed by atoms with Crippen molar-refractivity contribution in [3.05, 3.63) is 23.2 Å². The van der Waals surface area contributed by atoms with E-state index < -0.39 is 0 Å². The Kier molecular flexibility index (Phi) is 3.88. The Morgan fingerprint density at radius 3 is 3.26 bits per heavy atom.